The van der Waals surface area contributed by atoms with Crippen molar-refractivity contribution in [2.75, 3.05) is 5.73 Å². The number of nitrogens with zero attached hydrogens (tertiary/aromatic N) is 7. The van der Waals surface area contributed by atoms with Crippen LogP contribution in [0.5, 0.6) is 0 Å². The van der Waals surface area contributed by atoms with E-state index < -0.39 is 5.69 Å². The predicted molar refractivity (Wildman–Crippen MR) is 80.0 cm³/mol. The predicted octanol–water partition coefficient (Wildman–Crippen LogP) is 1.42. The number of azo groups is 1. The van der Waals surface area contributed by atoms with Crippen LogP contribution in [0.4, 0.5) is 16.6 Å². The van der Waals surface area contributed by atoms with E-state index in [1.807, 2.05) is 0 Å². The maximum absolute atomic E-state index is 11.3. The molecule has 112 valence electrons. The van der Waals surface area contributed by atoms with Crippen molar-refractivity contribution in [1.29, 1.82) is 0 Å². The highest BCUT2D eigenvalue weighted by Crippen LogP contribution is 2.29. The average molecular weight is 317 g/mol. The molecule has 10 nitrogen and oxygen atoms in total. The lowest BCUT2D eigenvalue weighted by molar-refractivity contribution is 0.825. The number of anilines is 1. The summed E-state index contributed by atoms with van der Waals surface area (Å²) in [7, 11) is 0. The lowest BCUT2D eigenvalue weighted by Gasteiger charge is -2.01. The third-order valence-electron chi connectivity index (χ3n) is 2.70. The molecule has 0 radical (unpaired) electrons. The molecule has 0 saturated carbocycles. The molecule has 0 unspecified atom stereocenters. The quantitative estimate of drug-likeness (QED) is 0.700. The van der Waals surface area contributed by atoms with Gasteiger partial charge in [0.25, 0.3) is 0 Å². The summed E-state index contributed by atoms with van der Waals surface area (Å²) in [5, 5.41) is 12.7. The highest BCUT2D eigenvalue weighted by molar-refractivity contribution is 7.09. The Labute approximate surface area is 127 Å². The van der Waals surface area contributed by atoms with Gasteiger partial charge in [0.1, 0.15) is 11.6 Å². The van der Waals surface area contributed by atoms with Crippen LogP contribution in [-0.4, -0.2) is 29.1 Å². The number of nitrogen functional groups attached to an aromatic ring is 1. The standard InChI is InChI=1S/C11H11N9OS/c1-5-8(16-17-11-14-6(2)19-22-11)9(12)20(18-5)7-3-4-13-10(21)15-7/h3-4H,12H2,1-2H3,(H,13,15,21). The molecule has 3 rings (SSSR count). The van der Waals surface area contributed by atoms with E-state index in [-0.39, 0.29) is 5.82 Å². The van der Waals surface area contributed by atoms with Gasteiger partial charge in [0.15, 0.2) is 11.5 Å². The second-order valence-corrected chi connectivity index (χ2v) is 5.05. The maximum Gasteiger partial charge on any atom is 0.346 e. The minimum atomic E-state index is -0.488. The van der Waals surface area contributed by atoms with Crippen LogP contribution in [0.15, 0.2) is 27.3 Å². The molecule has 3 aromatic rings. The van der Waals surface area contributed by atoms with Crippen LogP contribution >= 0.6 is 11.5 Å². The number of nitrogens with one attached hydrogen (secondary N) is 1. The van der Waals surface area contributed by atoms with E-state index in [1.54, 1.807) is 19.9 Å². The number of nitrogens with two attached hydrogens (primary N) is 1. The van der Waals surface area contributed by atoms with Gasteiger partial charge < -0.3 is 5.73 Å². The van der Waals surface area contributed by atoms with Crippen LogP contribution < -0.4 is 11.4 Å². The zero-order valence-electron chi connectivity index (χ0n) is 11.7. The molecule has 0 fully saturated rings. The molecule has 0 amide bonds. The van der Waals surface area contributed by atoms with Crippen LogP contribution in [0.3, 0.4) is 0 Å². The molecule has 0 aliphatic heterocycles. The molecular formula is C11H11N9OS. The summed E-state index contributed by atoms with van der Waals surface area (Å²) in [6.45, 7) is 3.51. The molecule has 0 saturated heterocycles. The van der Waals surface area contributed by atoms with Crippen molar-refractivity contribution >= 4 is 28.2 Å². The van der Waals surface area contributed by atoms with Gasteiger partial charge in [0.05, 0.1) is 5.69 Å². The molecule has 3 aromatic heterocycles. The Hall–Kier alpha value is -2.95. The first-order valence-corrected chi connectivity index (χ1v) is 6.95. The molecule has 3 heterocycles. The fraction of sp³-hybridized carbons (Fsp3) is 0.182. The monoisotopic (exact) mass is 317 g/mol. The second kappa shape index (κ2) is 5.44. The number of rotatable bonds is 3. The van der Waals surface area contributed by atoms with Crippen molar-refractivity contribution in [3.63, 3.8) is 0 Å². The number of aryl methyl sites for hydroxylation is 2. The number of hydrogen-bond donors (Lipinski definition) is 2. The lowest BCUT2D eigenvalue weighted by atomic mass is 10.4. The van der Waals surface area contributed by atoms with Gasteiger partial charge in [-0.2, -0.15) is 14.2 Å². The SMILES string of the molecule is Cc1nsc(N=Nc2c(C)nn(-c3ccnc(=O)[nH]3)c2N)n1. The summed E-state index contributed by atoms with van der Waals surface area (Å²) < 4.78 is 5.39. The van der Waals surface area contributed by atoms with Gasteiger partial charge in [-0.15, -0.1) is 10.2 Å². The van der Waals surface area contributed by atoms with E-state index in [2.05, 4.69) is 34.7 Å². The molecule has 0 aliphatic carbocycles. The number of hydrogen-bond acceptors (Lipinski definition) is 9. The van der Waals surface area contributed by atoms with Gasteiger partial charge in [-0.05, 0) is 19.9 Å². The van der Waals surface area contributed by atoms with Crippen molar-refractivity contribution in [2.45, 2.75) is 13.8 Å². The number of H-pyrrole nitrogens is 1. The van der Waals surface area contributed by atoms with Crippen molar-refractivity contribution in [3.05, 3.63) is 34.3 Å². The van der Waals surface area contributed by atoms with Gasteiger partial charge in [0, 0.05) is 17.7 Å². The Morgan fingerprint density at radius 2 is 2.18 bits per heavy atom. The van der Waals surface area contributed by atoms with E-state index in [9.17, 15) is 4.79 Å². The Kier molecular flexibility index (Phi) is 3.47. The smallest absolute Gasteiger partial charge is 0.346 e. The summed E-state index contributed by atoms with van der Waals surface area (Å²) in [4.78, 5) is 21.5. The molecule has 0 aromatic carbocycles. The van der Waals surface area contributed by atoms with Gasteiger partial charge in [-0.1, -0.05) is 0 Å². The highest BCUT2D eigenvalue weighted by atomic mass is 32.1. The Bertz CT molecular complexity index is 906. The Morgan fingerprint density at radius 1 is 1.36 bits per heavy atom. The first-order chi connectivity index (χ1) is 10.5. The molecule has 0 spiro atoms. The van der Waals surface area contributed by atoms with E-state index >= 15 is 0 Å². The van der Waals surface area contributed by atoms with Crippen LogP contribution in [0.1, 0.15) is 11.5 Å². The Morgan fingerprint density at radius 3 is 2.86 bits per heavy atom. The molecule has 22 heavy (non-hydrogen) atoms. The fourth-order valence-electron chi connectivity index (χ4n) is 1.75. The van der Waals surface area contributed by atoms with Gasteiger partial charge in [-0.3, -0.25) is 4.98 Å². The van der Waals surface area contributed by atoms with E-state index in [0.29, 0.717) is 28.2 Å². The number of aromatic amines is 1. The average Bonchev–Trinajstić information content (AvgIpc) is 3.01. The van der Waals surface area contributed by atoms with Crippen molar-refractivity contribution in [3.8, 4) is 5.82 Å². The maximum atomic E-state index is 11.3. The molecule has 0 aliphatic rings. The van der Waals surface area contributed by atoms with Crippen molar-refractivity contribution in [1.82, 2.24) is 29.1 Å². The first-order valence-electron chi connectivity index (χ1n) is 6.17. The van der Waals surface area contributed by atoms with Gasteiger partial charge in [0.2, 0.25) is 5.13 Å². The third-order valence-corrected chi connectivity index (χ3v) is 3.40. The first kappa shape index (κ1) is 14.0. The van der Waals surface area contributed by atoms with E-state index in [0.717, 1.165) is 11.5 Å². The van der Waals surface area contributed by atoms with Crippen molar-refractivity contribution in [2.24, 2.45) is 10.2 Å². The molecule has 11 heteroatoms. The zero-order chi connectivity index (χ0) is 15.7. The zero-order valence-corrected chi connectivity index (χ0v) is 12.5. The highest BCUT2D eigenvalue weighted by Gasteiger charge is 2.14. The minimum absolute atomic E-state index is 0.254. The summed E-state index contributed by atoms with van der Waals surface area (Å²) >= 11 is 1.14. The fourth-order valence-corrected chi connectivity index (χ4v) is 2.25. The summed E-state index contributed by atoms with van der Waals surface area (Å²) in [6.07, 6.45) is 1.37. The largest absolute Gasteiger partial charge is 0.382 e. The molecule has 0 atom stereocenters. The van der Waals surface area contributed by atoms with Crippen LogP contribution in [0.2, 0.25) is 0 Å². The lowest BCUT2D eigenvalue weighted by Crippen LogP contribution is -2.14. The van der Waals surface area contributed by atoms with Gasteiger partial charge in [-0.25, -0.2) is 14.8 Å². The van der Waals surface area contributed by atoms with Crippen molar-refractivity contribution < 1.29 is 0 Å². The molecular weight excluding hydrogens is 306 g/mol. The summed E-state index contributed by atoms with van der Waals surface area (Å²) in [5.41, 5.74) is 6.52. The Balaban J connectivity index is 2.00. The molecule has 3 N–H and O–H groups in total. The van der Waals surface area contributed by atoms with E-state index in [1.165, 1.54) is 10.9 Å². The summed E-state index contributed by atoms with van der Waals surface area (Å²) in [6, 6.07) is 1.58. The minimum Gasteiger partial charge on any atom is -0.382 e. The summed E-state index contributed by atoms with van der Waals surface area (Å²) in [5.74, 6) is 1.28. The van der Waals surface area contributed by atoms with E-state index in [4.69, 9.17) is 5.73 Å². The molecule has 0 bridgehead atoms. The second-order valence-electron chi connectivity index (χ2n) is 4.32. The van der Waals surface area contributed by atoms with Gasteiger partial charge >= 0.3 is 5.69 Å². The van der Waals surface area contributed by atoms with Crippen LogP contribution in [0.25, 0.3) is 5.82 Å². The topological polar surface area (TPSA) is 140 Å². The van der Waals surface area contributed by atoms with Crippen LogP contribution in [0, 0.1) is 13.8 Å². The number of aromatic nitrogens is 6. The van der Waals surface area contributed by atoms with Crippen LogP contribution in [-0.2, 0) is 0 Å². The third kappa shape index (κ3) is 2.61. The normalized spacial score (nSPS) is 11.4.